The molecule has 1 fully saturated rings. The second kappa shape index (κ2) is 4.05. The standard InChI is InChI=1S/C13H14N2O2/c1-8(14)10-11(9-6-4-3-5-7-9)15(2)13(17)12(10)16/h3-7,11H,14H2,1-2H3. The van der Waals surface area contributed by atoms with E-state index in [4.69, 9.17) is 5.73 Å². The number of hydrogen-bond acceptors (Lipinski definition) is 3. The van der Waals surface area contributed by atoms with E-state index in [-0.39, 0.29) is 6.04 Å². The molecule has 1 aromatic carbocycles. The highest BCUT2D eigenvalue weighted by atomic mass is 16.2. The third-order valence-electron chi connectivity index (χ3n) is 2.96. The third-order valence-corrected chi connectivity index (χ3v) is 2.96. The van der Waals surface area contributed by atoms with E-state index in [0.29, 0.717) is 11.3 Å². The molecule has 1 unspecified atom stereocenters. The number of carbonyl (C=O) groups excluding carboxylic acids is 2. The molecule has 2 N–H and O–H groups in total. The smallest absolute Gasteiger partial charge is 0.295 e. The summed E-state index contributed by atoms with van der Waals surface area (Å²) in [5.74, 6) is -1.000. The molecule has 2 rings (SSSR count). The summed E-state index contributed by atoms with van der Waals surface area (Å²) in [6, 6.07) is 9.05. The predicted octanol–water partition coefficient (Wildman–Crippen LogP) is 1.00. The Bertz CT molecular complexity index is 501. The zero-order chi connectivity index (χ0) is 12.6. The Morgan fingerprint density at radius 3 is 2.35 bits per heavy atom. The van der Waals surface area contributed by atoms with E-state index in [1.165, 1.54) is 4.90 Å². The summed E-state index contributed by atoms with van der Waals surface area (Å²) >= 11 is 0. The van der Waals surface area contributed by atoms with E-state index in [9.17, 15) is 9.59 Å². The van der Waals surface area contributed by atoms with Gasteiger partial charge in [0, 0.05) is 12.7 Å². The van der Waals surface area contributed by atoms with Crippen LogP contribution in [-0.4, -0.2) is 23.6 Å². The molecule has 88 valence electrons. The van der Waals surface area contributed by atoms with Crippen molar-refractivity contribution in [2.24, 2.45) is 5.73 Å². The van der Waals surface area contributed by atoms with E-state index in [1.54, 1.807) is 14.0 Å². The van der Waals surface area contributed by atoms with Crippen LogP contribution in [0.25, 0.3) is 0 Å². The molecule has 1 heterocycles. The lowest BCUT2D eigenvalue weighted by molar-refractivity contribution is -0.139. The Kier molecular flexibility index (Phi) is 2.71. The highest BCUT2D eigenvalue weighted by Crippen LogP contribution is 2.34. The molecule has 0 spiro atoms. The monoisotopic (exact) mass is 230 g/mol. The average molecular weight is 230 g/mol. The van der Waals surface area contributed by atoms with Gasteiger partial charge >= 0.3 is 0 Å². The van der Waals surface area contributed by atoms with Crippen molar-refractivity contribution < 1.29 is 9.59 Å². The van der Waals surface area contributed by atoms with Crippen molar-refractivity contribution in [1.29, 1.82) is 0 Å². The molecular weight excluding hydrogens is 216 g/mol. The van der Waals surface area contributed by atoms with Crippen molar-refractivity contribution in [3.05, 3.63) is 47.2 Å². The molecule has 0 aromatic heterocycles. The van der Waals surface area contributed by atoms with Crippen LogP contribution in [0, 0.1) is 0 Å². The lowest BCUT2D eigenvalue weighted by Crippen LogP contribution is -2.24. The van der Waals surface area contributed by atoms with E-state index in [2.05, 4.69) is 0 Å². The van der Waals surface area contributed by atoms with Crippen molar-refractivity contribution in [2.45, 2.75) is 13.0 Å². The number of likely N-dealkylation sites (tertiary alicyclic amines) is 1. The van der Waals surface area contributed by atoms with E-state index < -0.39 is 11.7 Å². The number of hydrogen-bond donors (Lipinski definition) is 1. The summed E-state index contributed by atoms with van der Waals surface area (Å²) in [7, 11) is 1.62. The molecule has 4 heteroatoms. The number of ketones is 1. The number of rotatable bonds is 1. The number of carbonyl (C=O) groups is 2. The van der Waals surface area contributed by atoms with Gasteiger partial charge in [-0.25, -0.2) is 0 Å². The van der Waals surface area contributed by atoms with Gasteiger partial charge in [-0.15, -0.1) is 0 Å². The number of allylic oxidation sites excluding steroid dienone is 1. The Morgan fingerprint density at radius 1 is 1.24 bits per heavy atom. The SMILES string of the molecule is CC(N)=C1C(=O)C(=O)N(C)C1c1ccccc1. The number of nitrogens with two attached hydrogens (primary N) is 1. The van der Waals surface area contributed by atoms with Crippen LogP contribution in [-0.2, 0) is 9.59 Å². The third kappa shape index (κ3) is 1.71. The molecule has 0 aliphatic carbocycles. The lowest BCUT2D eigenvalue weighted by atomic mass is 9.98. The quantitative estimate of drug-likeness (QED) is 0.578. The fourth-order valence-corrected chi connectivity index (χ4v) is 2.13. The molecule has 1 saturated heterocycles. The highest BCUT2D eigenvalue weighted by Gasteiger charge is 2.42. The van der Waals surface area contributed by atoms with Crippen molar-refractivity contribution in [2.75, 3.05) is 7.05 Å². The van der Waals surface area contributed by atoms with Crippen molar-refractivity contribution in [3.8, 4) is 0 Å². The van der Waals surface area contributed by atoms with Gasteiger partial charge in [-0.05, 0) is 12.5 Å². The first-order valence-corrected chi connectivity index (χ1v) is 5.36. The predicted molar refractivity (Wildman–Crippen MR) is 63.8 cm³/mol. The first-order chi connectivity index (χ1) is 8.04. The molecule has 1 aromatic rings. The van der Waals surface area contributed by atoms with Crippen LogP contribution >= 0.6 is 0 Å². The van der Waals surface area contributed by atoms with E-state index in [1.807, 2.05) is 30.3 Å². The average Bonchev–Trinajstić information content (AvgIpc) is 2.55. The van der Waals surface area contributed by atoms with Crippen LogP contribution in [0.5, 0.6) is 0 Å². The Morgan fingerprint density at radius 2 is 1.82 bits per heavy atom. The fourth-order valence-electron chi connectivity index (χ4n) is 2.13. The molecule has 1 aliphatic heterocycles. The first-order valence-electron chi connectivity index (χ1n) is 5.36. The fraction of sp³-hybridized carbons (Fsp3) is 0.231. The maximum absolute atomic E-state index is 11.8. The molecular formula is C13H14N2O2. The summed E-state index contributed by atoms with van der Waals surface area (Å²) in [5.41, 5.74) is 7.41. The summed E-state index contributed by atoms with van der Waals surface area (Å²) in [6.45, 7) is 1.65. The minimum Gasteiger partial charge on any atom is -0.402 e. The first kappa shape index (κ1) is 11.4. The van der Waals surface area contributed by atoms with Gasteiger partial charge in [0.1, 0.15) is 0 Å². The number of nitrogens with zero attached hydrogens (tertiary/aromatic N) is 1. The number of Topliss-reactive ketones (excluding diaryl/α,β-unsaturated/α-hetero) is 1. The molecule has 0 saturated carbocycles. The zero-order valence-corrected chi connectivity index (χ0v) is 9.81. The van der Waals surface area contributed by atoms with Gasteiger partial charge in [0.2, 0.25) is 0 Å². The molecule has 1 atom stereocenters. The zero-order valence-electron chi connectivity index (χ0n) is 9.81. The van der Waals surface area contributed by atoms with Crippen molar-refractivity contribution >= 4 is 11.7 Å². The van der Waals surface area contributed by atoms with Gasteiger partial charge < -0.3 is 10.6 Å². The number of likely N-dealkylation sites (N-methyl/N-ethyl adjacent to an activating group) is 1. The second-order valence-corrected chi connectivity index (χ2v) is 4.16. The lowest BCUT2D eigenvalue weighted by Gasteiger charge is -2.20. The van der Waals surface area contributed by atoms with Gasteiger partial charge in [0.25, 0.3) is 11.7 Å². The van der Waals surface area contributed by atoms with Crippen LogP contribution in [0.2, 0.25) is 0 Å². The summed E-state index contributed by atoms with van der Waals surface area (Å²) in [6.07, 6.45) is 0. The van der Waals surface area contributed by atoms with Gasteiger partial charge in [-0.3, -0.25) is 9.59 Å². The van der Waals surface area contributed by atoms with E-state index >= 15 is 0 Å². The van der Waals surface area contributed by atoms with Crippen molar-refractivity contribution in [3.63, 3.8) is 0 Å². The van der Waals surface area contributed by atoms with Gasteiger partial charge in [-0.2, -0.15) is 0 Å². The van der Waals surface area contributed by atoms with Crippen LogP contribution in [0.15, 0.2) is 41.6 Å². The van der Waals surface area contributed by atoms with Crippen molar-refractivity contribution in [1.82, 2.24) is 4.90 Å². The Labute approximate surface area is 99.7 Å². The second-order valence-electron chi connectivity index (χ2n) is 4.16. The maximum Gasteiger partial charge on any atom is 0.295 e. The summed E-state index contributed by atoms with van der Waals surface area (Å²) in [4.78, 5) is 24.9. The molecule has 0 bridgehead atoms. The van der Waals surface area contributed by atoms with Gasteiger partial charge in [0.05, 0.1) is 11.6 Å². The van der Waals surface area contributed by atoms with Gasteiger partial charge in [-0.1, -0.05) is 30.3 Å². The van der Waals surface area contributed by atoms with Gasteiger partial charge in [0.15, 0.2) is 0 Å². The van der Waals surface area contributed by atoms with Crippen LogP contribution in [0.1, 0.15) is 18.5 Å². The maximum atomic E-state index is 11.8. The topological polar surface area (TPSA) is 63.4 Å². The summed E-state index contributed by atoms with van der Waals surface area (Å²) < 4.78 is 0. The minimum absolute atomic E-state index is 0.360. The van der Waals surface area contributed by atoms with E-state index in [0.717, 1.165) is 5.56 Å². The summed E-state index contributed by atoms with van der Waals surface area (Å²) in [5, 5.41) is 0. The molecule has 4 nitrogen and oxygen atoms in total. The molecule has 0 radical (unpaired) electrons. The Hall–Kier alpha value is -2.10. The van der Waals surface area contributed by atoms with Crippen LogP contribution < -0.4 is 5.73 Å². The molecule has 1 aliphatic rings. The number of amides is 1. The van der Waals surface area contributed by atoms with Crippen LogP contribution in [0.3, 0.4) is 0 Å². The molecule has 1 amide bonds. The van der Waals surface area contributed by atoms with Crippen LogP contribution in [0.4, 0.5) is 0 Å². The minimum atomic E-state index is -0.501. The Balaban J connectivity index is 2.56. The normalized spacial score (nSPS) is 23.2. The number of benzene rings is 1. The largest absolute Gasteiger partial charge is 0.402 e. The highest BCUT2D eigenvalue weighted by molar-refractivity contribution is 6.45. The molecule has 17 heavy (non-hydrogen) atoms.